The number of hydrogen-bond donors (Lipinski definition) is 0. The van der Waals surface area contributed by atoms with Crippen LogP contribution >= 0.6 is 0 Å². The van der Waals surface area contributed by atoms with Gasteiger partial charge in [-0.15, -0.1) is 0 Å². The van der Waals surface area contributed by atoms with Crippen LogP contribution < -0.4 is 20.3 Å². The van der Waals surface area contributed by atoms with E-state index in [0.717, 1.165) is 41.1 Å². The second-order valence-corrected chi connectivity index (χ2v) is 14.9. The Morgan fingerprint density at radius 1 is 0.667 bits per heavy atom. The number of imidazole rings is 1. The van der Waals surface area contributed by atoms with Crippen LogP contribution in [0.15, 0.2) is 151 Å². The van der Waals surface area contributed by atoms with E-state index in [1.807, 2.05) is 12.1 Å². The van der Waals surface area contributed by atoms with E-state index in [1.54, 1.807) is 5.20 Å². The zero-order chi connectivity index (χ0) is 27.9. The van der Waals surface area contributed by atoms with Crippen LogP contribution in [0.1, 0.15) is 18.7 Å². The molecule has 0 atom stereocenters. The summed E-state index contributed by atoms with van der Waals surface area (Å²) in [5, 5.41) is 5.81. The predicted octanol–water partition coefficient (Wildman–Crippen LogP) is 6.87. The van der Waals surface area contributed by atoms with Crippen LogP contribution in [0, 0.1) is 0 Å². The predicted molar refractivity (Wildman–Crippen MR) is 175 cm³/mol. The maximum Gasteiger partial charge on any atom is 0.175 e. The quantitative estimate of drug-likeness (QED) is 0.171. The molecule has 2 aliphatic rings. The SMILES string of the molecule is C1=CCCC([Si](c2ccccc2)(c2ccccc2)c2cccc(-c3ccc4nc5n(c4c3)-c3ccccc3OC5)c2)=C1. The van der Waals surface area contributed by atoms with E-state index in [1.165, 1.54) is 26.7 Å². The molecule has 8 rings (SSSR count). The first kappa shape index (κ1) is 24.8. The van der Waals surface area contributed by atoms with Crippen LogP contribution in [-0.2, 0) is 6.61 Å². The Morgan fingerprint density at radius 2 is 1.38 bits per heavy atom. The van der Waals surface area contributed by atoms with Crippen molar-refractivity contribution in [1.29, 1.82) is 0 Å². The monoisotopic (exact) mass is 558 g/mol. The minimum Gasteiger partial charge on any atom is -0.483 e. The summed E-state index contributed by atoms with van der Waals surface area (Å²) in [6.45, 7) is 0.475. The Balaban J connectivity index is 1.34. The molecule has 2 heterocycles. The molecule has 0 saturated heterocycles. The van der Waals surface area contributed by atoms with Gasteiger partial charge in [0.2, 0.25) is 0 Å². The van der Waals surface area contributed by atoms with Gasteiger partial charge in [0, 0.05) is 0 Å². The minimum absolute atomic E-state index is 0.475. The van der Waals surface area contributed by atoms with E-state index in [0.29, 0.717) is 6.61 Å². The van der Waals surface area contributed by atoms with Crippen molar-refractivity contribution in [2.24, 2.45) is 0 Å². The number of benzene rings is 5. The zero-order valence-electron chi connectivity index (χ0n) is 23.3. The molecule has 42 heavy (non-hydrogen) atoms. The lowest BCUT2D eigenvalue weighted by Gasteiger charge is -2.37. The molecule has 0 unspecified atom stereocenters. The number of para-hydroxylation sites is 2. The second kappa shape index (κ2) is 10.2. The Labute approximate surface area is 247 Å². The van der Waals surface area contributed by atoms with Gasteiger partial charge in [-0.1, -0.05) is 127 Å². The summed E-state index contributed by atoms with van der Waals surface area (Å²) < 4.78 is 8.26. The summed E-state index contributed by atoms with van der Waals surface area (Å²) in [7, 11) is -2.52. The number of fused-ring (bicyclic) bond motifs is 5. The Morgan fingerprint density at radius 3 is 2.14 bits per heavy atom. The normalized spacial score (nSPS) is 14.1. The van der Waals surface area contributed by atoms with E-state index in [9.17, 15) is 0 Å². The third kappa shape index (κ3) is 3.91. The van der Waals surface area contributed by atoms with Gasteiger partial charge >= 0.3 is 0 Å². The zero-order valence-corrected chi connectivity index (χ0v) is 24.3. The molecule has 0 spiro atoms. The topological polar surface area (TPSA) is 27.1 Å². The van der Waals surface area contributed by atoms with Crippen LogP contribution in [0.3, 0.4) is 0 Å². The van der Waals surface area contributed by atoms with Crippen LogP contribution in [0.2, 0.25) is 0 Å². The van der Waals surface area contributed by atoms with Gasteiger partial charge < -0.3 is 4.74 Å². The first-order valence-electron chi connectivity index (χ1n) is 14.6. The van der Waals surface area contributed by atoms with E-state index >= 15 is 0 Å². The number of rotatable bonds is 5. The third-order valence-electron chi connectivity index (χ3n) is 8.72. The molecule has 0 bridgehead atoms. The van der Waals surface area contributed by atoms with Crippen molar-refractivity contribution in [1.82, 2.24) is 9.55 Å². The Bertz CT molecular complexity index is 1950. The van der Waals surface area contributed by atoms with Gasteiger partial charge in [0.1, 0.15) is 12.4 Å². The summed E-state index contributed by atoms with van der Waals surface area (Å²) in [5.41, 5.74) is 5.56. The molecule has 0 N–H and O–H groups in total. The Kier molecular flexibility index (Phi) is 6.01. The summed E-state index contributed by atoms with van der Waals surface area (Å²) in [5.74, 6) is 1.83. The van der Waals surface area contributed by atoms with Gasteiger partial charge in [-0.2, -0.15) is 0 Å². The number of ether oxygens (including phenoxy) is 1. The molecule has 0 radical (unpaired) electrons. The van der Waals surface area contributed by atoms with Crippen molar-refractivity contribution in [3.8, 4) is 22.6 Å². The average Bonchev–Trinajstić information content (AvgIpc) is 3.45. The standard InChI is InChI=1S/C38H30N2OSi/c1-4-14-30(15-5-1)42(31-16-6-2-7-17-31,32-18-8-3-9-19-32)33-20-12-13-28(25-33)29-23-24-34-36(26-29)40-35-21-10-11-22-37(35)41-27-38(40)39-34/h1-8,10-18,20-26H,9,19,27H2. The van der Waals surface area contributed by atoms with Gasteiger partial charge in [-0.25, -0.2) is 4.98 Å². The van der Waals surface area contributed by atoms with Crippen molar-refractivity contribution < 1.29 is 4.74 Å². The molecule has 1 aliphatic carbocycles. The van der Waals surface area contributed by atoms with Crippen LogP contribution in [-0.4, -0.2) is 17.6 Å². The van der Waals surface area contributed by atoms with Gasteiger partial charge in [0.25, 0.3) is 0 Å². The van der Waals surface area contributed by atoms with Crippen molar-refractivity contribution in [3.63, 3.8) is 0 Å². The van der Waals surface area contributed by atoms with Crippen molar-refractivity contribution in [3.05, 3.63) is 157 Å². The van der Waals surface area contributed by atoms with E-state index in [2.05, 4.69) is 138 Å². The molecular formula is C38H30N2OSi. The van der Waals surface area contributed by atoms with Gasteiger partial charge in [-0.3, -0.25) is 4.57 Å². The Hall–Kier alpha value is -4.93. The fourth-order valence-corrected chi connectivity index (χ4v) is 11.9. The lowest BCUT2D eigenvalue weighted by molar-refractivity contribution is 0.280. The highest BCUT2D eigenvalue weighted by molar-refractivity contribution is 7.16. The van der Waals surface area contributed by atoms with Gasteiger partial charge in [0.15, 0.2) is 13.9 Å². The second-order valence-electron chi connectivity index (χ2n) is 11.0. The maximum absolute atomic E-state index is 6.00. The molecule has 1 aliphatic heterocycles. The minimum atomic E-state index is -2.52. The smallest absolute Gasteiger partial charge is 0.175 e. The van der Waals surface area contributed by atoms with Gasteiger partial charge in [0.05, 0.1) is 16.7 Å². The van der Waals surface area contributed by atoms with Gasteiger partial charge in [-0.05, 0) is 63.8 Å². The molecule has 3 nitrogen and oxygen atoms in total. The average molecular weight is 559 g/mol. The largest absolute Gasteiger partial charge is 0.483 e. The van der Waals surface area contributed by atoms with E-state index < -0.39 is 8.07 Å². The molecular weight excluding hydrogens is 529 g/mol. The lowest BCUT2D eigenvalue weighted by atomic mass is 10.1. The molecule has 6 aromatic rings. The number of nitrogens with zero attached hydrogens (tertiary/aromatic N) is 2. The first-order chi connectivity index (χ1) is 20.8. The molecule has 0 fully saturated rings. The summed E-state index contributed by atoms with van der Waals surface area (Å²) in [4.78, 5) is 4.92. The van der Waals surface area contributed by atoms with Crippen molar-refractivity contribution >= 4 is 34.7 Å². The van der Waals surface area contributed by atoms with Crippen molar-refractivity contribution in [2.75, 3.05) is 0 Å². The lowest BCUT2D eigenvalue weighted by Crippen LogP contribution is -2.68. The highest BCUT2D eigenvalue weighted by Gasteiger charge is 2.42. The molecule has 4 heteroatoms. The van der Waals surface area contributed by atoms with Crippen LogP contribution in [0.5, 0.6) is 5.75 Å². The van der Waals surface area contributed by atoms with Crippen molar-refractivity contribution in [2.45, 2.75) is 19.4 Å². The molecule has 0 saturated carbocycles. The molecule has 1 aromatic heterocycles. The third-order valence-corrected chi connectivity index (χ3v) is 13.7. The van der Waals surface area contributed by atoms with Crippen LogP contribution in [0.4, 0.5) is 0 Å². The fraction of sp³-hybridized carbons (Fsp3) is 0.0789. The molecule has 0 amide bonds. The molecule has 202 valence electrons. The number of aromatic nitrogens is 2. The summed E-state index contributed by atoms with van der Waals surface area (Å²) in [6, 6.07) is 46.6. The fourth-order valence-electron chi connectivity index (χ4n) is 6.86. The summed E-state index contributed by atoms with van der Waals surface area (Å²) in [6.07, 6.45) is 9.10. The van der Waals surface area contributed by atoms with Crippen LogP contribution in [0.25, 0.3) is 27.8 Å². The van der Waals surface area contributed by atoms with E-state index in [4.69, 9.17) is 9.72 Å². The molecule has 5 aromatic carbocycles. The maximum atomic E-state index is 6.00. The highest BCUT2D eigenvalue weighted by Crippen LogP contribution is 2.35. The highest BCUT2D eigenvalue weighted by atomic mass is 28.3. The number of hydrogen-bond acceptors (Lipinski definition) is 2. The first-order valence-corrected chi connectivity index (χ1v) is 16.6. The number of allylic oxidation sites excluding steroid dienone is 4. The van der Waals surface area contributed by atoms with E-state index in [-0.39, 0.29) is 0 Å². The summed E-state index contributed by atoms with van der Waals surface area (Å²) >= 11 is 0.